The van der Waals surface area contributed by atoms with E-state index < -0.39 is 5.97 Å². The van der Waals surface area contributed by atoms with E-state index in [0.29, 0.717) is 12.0 Å². The van der Waals surface area contributed by atoms with E-state index in [4.69, 9.17) is 5.11 Å². The smallest absolute Gasteiger partial charge is 0.303 e. The molecule has 1 rings (SSSR count). The molecule has 4 heteroatoms. The van der Waals surface area contributed by atoms with Crippen molar-refractivity contribution in [2.45, 2.75) is 122 Å². The summed E-state index contributed by atoms with van der Waals surface area (Å²) in [5, 5.41) is 12.0. The van der Waals surface area contributed by atoms with Crippen LogP contribution in [-0.2, 0) is 4.79 Å². The molecule has 1 aromatic rings. The van der Waals surface area contributed by atoms with Crippen LogP contribution in [-0.4, -0.2) is 23.0 Å². The molecule has 1 unspecified atom stereocenters. The quantitative estimate of drug-likeness (QED) is 0.210. The molecule has 1 atom stereocenters. The number of benzene rings is 1. The topological polar surface area (TPSA) is 66.4 Å². The molecule has 1 aromatic carbocycles. The molecule has 0 aliphatic rings. The number of hydrogen-bond acceptors (Lipinski definition) is 2. The van der Waals surface area contributed by atoms with Crippen molar-refractivity contribution in [1.82, 2.24) is 5.32 Å². The van der Waals surface area contributed by atoms with Gasteiger partial charge in [0.2, 0.25) is 0 Å². The Bertz CT molecular complexity index is 573. The van der Waals surface area contributed by atoms with Crippen LogP contribution in [0.15, 0.2) is 30.3 Å². The van der Waals surface area contributed by atoms with Gasteiger partial charge in [0.05, 0.1) is 0 Å². The van der Waals surface area contributed by atoms with Gasteiger partial charge in [0, 0.05) is 18.0 Å². The van der Waals surface area contributed by atoms with Crippen LogP contribution in [0.1, 0.15) is 126 Å². The molecule has 0 bridgehead atoms. The van der Waals surface area contributed by atoms with Gasteiger partial charge in [-0.25, -0.2) is 0 Å². The second kappa shape index (κ2) is 18.9. The van der Waals surface area contributed by atoms with Crippen molar-refractivity contribution in [2.75, 3.05) is 0 Å². The second-order valence-corrected chi connectivity index (χ2v) is 8.85. The molecular weight excluding hydrogens is 386 g/mol. The Hall–Kier alpha value is -1.84. The minimum atomic E-state index is -0.745. The zero-order chi connectivity index (χ0) is 22.6. The van der Waals surface area contributed by atoms with E-state index in [-0.39, 0.29) is 18.4 Å². The first-order valence-corrected chi connectivity index (χ1v) is 12.7. The summed E-state index contributed by atoms with van der Waals surface area (Å²) in [6, 6.07) is 9.46. The molecule has 0 radical (unpaired) electrons. The third-order valence-corrected chi connectivity index (χ3v) is 5.97. The van der Waals surface area contributed by atoms with Crippen LogP contribution in [0.5, 0.6) is 0 Å². The van der Waals surface area contributed by atoms with Crippen LogP contribution >= 0.6 is 0 Å². The van der Waals surface area contributed by atoms with Gasteiger partial charge in [0.15, 0.2) is 0 Å². The van der Waals surface area contributed by atoms with E-state index in [1.54, 1.807) is 0 Å². The van der Waals surface area contributed by atoms with Crippen molar-refractivity contribution in [3.63, 3.8) is 0 Å². The van der Waals surface area contributed by atoms with Crippen LogP contribution in [0.3, 0.4) is 0 Å². The summed E-state index contributed by atoms with van der Waals surface area (Å²) in [5.41, 5.74) is 0.688. The highest BCUT2D eigenvalue weighted by atomic mass is 16.4. The fourth-order valence-corrected chi connectivity index (χ4v) is 4.05. The van der Waals surface area contributed by atoms with Gasteiger partial charge >= 0.3 is 5.97 Å². The fourth-order valence-electron chi connectivity index (χ4n) is 4.05. The Kier molecular flexibility index (Phi) is 16.6. The van der Waals surface area contributed by atoms with Crippen LogP contribution in [0.4, 0.5) is 0 Å². The lowest BCUT2D eigenvalue weighted by molar-refractivity contribution is -0.137. The SMILES string of the molecule is CCCCCCCCCCCCCCC(CCCCC(=O)O)NC(=O)c1ccccc1. The summed E-state index contributed by atoms with van der Waals surface area (Å²) < 4.78 is 0. The highest BCUT2D eigenvalue weighted by Crippen LogP contribution is 2.15. The van der Waals surface area contributed by atoms with E-state index in [0.717, 1.165) is 25.7 Å². The lowest BCUT2D eigenvalue weighted by Gasteiger charge is -2.19. The summed E-state index contributed by atoms with van der Waals surface area (Å²) >= 11 is 0. The monoisotopic (exact) mass is 431 g/mol. The van der Waals surface area contributed by atoms with E-state index >= 15 is 0 Å². The van der Waals surface area contributed by atoms with Gasteiger partial charge in [0.1, 0.15) is 0 Å². The summed E-state index contributed by atoms with van der Waals surface area (Å²) in [5.74, 6) is -0.770. The Morgan fingerprint density at radius 1 is 0.742 bits per heavy atom. The largest absolute Gasteiger partial charge is 0.481 e. The van der Waals surface area contributed by atoms with Crippen molar-refractivity contribution in [2.24, 2.45) is 0 Å². The lowest BCUT2D eigenvalue weighted by Crippen LogP contribution is -2.34. The maximum Gasteiger partial charge on any atom is 0.303 e. The predicted molar refractivity (Wildman–Crippen MR) is 129 cm³/mol. The van der Waals surface area contributed by atoms with Gasteiger partial charge in [-0.15, -0.1) is 0 Å². The van der Waals surface area contributed by atoms with Crippen molar-refractivity contribution in [1.29, 1.82) is 0 Å². The standard InChI is InChI=1S/C27H45NO3/c1-2-3-4-5-6-7-8-9-10-11-12-16-21-25(22-17-18-23-26(29)30)28-27(31)24-19-14-13-15-20-24/h13-15,19-20,25H,2-12,16-18,21-23H2,1H3,(H,28,31)(H,29,30). The maximum absolute atomic E-state index is 12.5. The van der Waals surface area contributed by atoms with Crippen molar-refractivity contribution < 1.29 is 14.7 Å². The number of amides is 1. The molecule has 0 heterocycles. The number of carboxylic acid groups (broad SMARTS) is 1. The zero-order valence-electron chi connectivity index (χ0n) is 19.7. The highest BCUT2D eigenvalue weighted by molar-refractivity contribution is 5.94. The van der Waals surface area contributed by atoms with Crippen LogP contribution in [0.25, 0.3) is 0 Å². The zero-order valence-corrected chi connectivity index (χ0v) is 19.7. The highest BCUT2D eigenvalue weighted by Gasteiger charge is 2.13. The van der Waals surface area contributed by atoms with Gasteiger partial charge in [-0.3, -0.25) is 9.59 Å². The van der Waals surface area contributed by atoms with Crippen LogP contribution < -0.4 is 5.32 Å². The summed E-state index contributed by atoms with van der Waals surface area (Å²) in [6.45, 7) is 2.26. The molecule has 0 spiro atoms. The second-order valence-electron chi connectivity index (χ2n) is 8.85. The molecule has 2 N–H and O–H groups in total. The van der Waals surface area contributed by atoms with Crippen LogP contribution in [0.2, 0.25) is 0 Å². The third-order valence-electron chi connectivity index (χ3n) is 5.97. The number of hydrogen-bond donors (Lipinski definition) is 2. The molecule has 0 aromatic heterocycles. The molecule has 0 aliphatic heterocycles. The maximum atomic E-state index is 12.5. The van der Waals surface area contributed by atoms with Gasteiger partial charge in [-0.1, -0.05) is 109 Å². The Balaban J connectivity index is 2.20. The van der Waals surface area contributed by atoms with E-state index in [9.17, 15) is 9.59 Å². The molecule has 0 aliphatic carbocycles. The first-order chi connectivity index (χ1) is 15.1. The lowest BCUT2D eigenvalue weighted by atomic mass is 10.00. The Morgan fingerprint density at radius 3 is 1.74 bits per heavy atom. The number of carbonyl (C=O) groups is 2. The van der Waals surface area contributed by atoms with Gasteiger partial charge < -0.3 is 10.4 Å². The van der Waals surface area contributed by atoms with E-state index in [1.807, 2.05) is 30.3 Å². The summed E-state index contributed by atoms with van der Waals surface area (Å²) in [4.78, 5) is 23.2. The predicted octanol–water partition coefficient (Wildman–Crippen LogP) is 7.52. The molecule has 0 fully saturated rings. The average Bonchev–Trinajstić information content (AvgIpc) is 2.77. The Labute approximate surface area is 190 Å². The average molecular weight is 432 g/mol. The number of aliphatic carboxylic acids is 1. The number of unbranched alkanes of at least 4 members (excludes halogenated alkanes) is 12. The first kappa shape index (κ1) is 27.2. The summed E-state index contributed by atoms with van der Waals surface area (Å²) in [6.07, 6.45) is 19.4. The van der Waals surface area contributed by atoms with Crippen LogP contribution in [0, 0.1) is 0 Å². The number of carboxylic acids is 1. The normalized spacial score (nSPS) is 11.9. The molecule has 31 heavy (non-hydrogen) atoms. The van der Waals surface area contributed by atoms with Crippen molar-refractivity contribution in [3.05, 3.63) is 35.9 Å². The summed E-state index contributed by atoms with van der Waals surface area (Å²) in [7, 11) is 0. The minimum absolute atomic E-state index is 0.0252. The van der Waals surface area contributed by atoms with Gasteiger partial charge in [0.25, 0.3) is 5.91 Å². The molecule has 4 nitrogen and oxygen atoms in total. The van der Waals surface area contributed by atoms with E-state index in [2.05, 4.69) is 12.2 Å². The molecule has 1 amide bonds. The number of rotatable bonds is 20. The number of nitrogens with one attached hydrogen (secondary N) is 1. The minimum Gasteiger partial charge on any atom is -0.481 e. The third kappa shape index (κ3) is 15.6. The van der Waals surface area contributed by atoms with Gasteiger partial charge in [-0.2, -0.15) is 0 Å². The molecule has 176 valence electrons. The van der Waals surface area contributed by atoms with Crippen molar-refractivity contribution >= 4 is 11.9 Å². The first-order valence-electron chi connectivity index (χ1n) is 12.7. The fraction of sp³-hybridized carbons (Fsp3) is 0.704. The Morgan fingerprint density at radius 2 is 1.23 bits per heavy atom. The molecular formula is C27H45NO3. The van der Waals surface area contributed by atoms with E-state index in [1.165, 1.54) is 70.6 Å². The number of carbonyl (C=O) groups excluding carboxylic acids is 1. The molecule has 0 saturated carbocycles. The van der Waals surface area contributed by atoms with Gasteiger partial charge in [-0.05, 0) is 31.4 Å². The molecule has 0 saturated heterocycles. The van der Waals surface area contributed by atoms with Crippen molar-refractivity contribution in [3.8, 4) is 0 Å².